The Balaban J connectivity index is 1.69. The van der Waals surface area contributed by atoms with Crippen LogP contribution in [-0.2, 0) is 16.1 Å². The first-order chi connectivity index (χ1) is 13.0. The molecule has 0 saturated carbocycles. The summed E-state index contributed by atoms with van der Waals surface area (Å²) in [5.41, 5.74) is 8.06. The van der Waals surface area contributed by atoms with Gasteiger partial charge in [-0.1, -0.05) is 18.2 Å². The summed E-state index contributed by atoms with van der Waals surface area (Å²) in [5, 5.41) is 3.04. The van der Waals surface area contributed by atoms with Crippen LogP contribution in [0.1, 0.15) is 31.2 Å². The highest BCUT2D eigenvalue weighted by Gasteiger charge is 2.28. The predicted octanol–water partition coefficient (Wildman–Crippen LogP) is 1.38. The van der Waals surface area contributed by atoms with Crippen molar-refractivity contribution in [3.8, 4) is 5.69 Å². The topological polar surface area (TPSA) is 93.2 Å². The molecule has 0 bridgehead atoms. The Bertz CT molecular complexity index is 816. The van der Waals surface area contributed by atoms with Gasteiger partial charge >= 0.3 is 0 Å². The van der Waals surface area contributed by atoms with Gasteiger partial charge < -0.3 is 20.5 Å². The summed E-state index contributed by atoms with van der Waals surface area (Å²) in [7, 11) is 0. The number of para-hydroxylation sites is 1. The third kappa shape index (κ3) is 4.54. The number of nitrogens with one attached hydrogen (secondary N) is 1. The number of likely N-dealkylation sites (tertiary alicyclic amines) is 1. The van der Waals surface area contributed by atoms with Crippen LogP contribution in [0.25, 0.3) is 5.69 Å². The van der Waals surface area contributed by atoms with Crippen molar-refractivity contribution < 1.29 is 9.59 Å². The third-order valence-electron chi connectivity index (χ3n) is 5.13. The highest BCUT2D eigenvalue weighted by molar-refractivity contribution is 5.80. The molecule has 7 nitrogen and oxygen atoms in total. The number of carbonyl (C=O) groups is 2. The molecule has 144 valence electrons. The molecule has 3 N–H and O–H groups in total. The van der Waals surface area contributed by atoms with E-state index in [9.17, 15) is 9.59 Å². The number of benzene rings is 1. The zero-order chi connectivity index (χ0) is 19.4. The quantitative estimate of drug-likeness (QED) is 0.851. The summed E-state index contributed by atoms with van der Waals surface area (Å²) in [6.07, 6.45) is 5.11. The molecule has 1 saturated heterocycles. The number of amides is 2. The highest BCUT2D eigenvalue weighted by Crippen LogP contribution is 2.19. The minimum absolute atomic E-state index is 0.0347. The van der Waals surface area contributed by atoms with Crippen LogP contribution in [0.15, 0.2) is 36.7 Å². The van der Waals surface area contributed by atoms with E-state index in [-0.39, 0.29) is 23.8 Å². The van der Waals surface area contributed by atoms with Crippen LogP contribution in [0.2, 0.25) is 0 Å². The largest absolute Gasteiger partial charge is 0.352 e. The van der Waals surface area contributed by atoms with Gasteiger partial charge in [0.25, 0.3) is 0 Å². The van der Waals surface area contributed by atoms with Gasteiger partial charge in [0.1, 0.15) is 5.82 Å². The molecule has 1 aliphatic rings. The Hall–Kier alpha value is -2.67. The average Bonchev–Trinajstić information content (AvgIpc) is 2.97. The van der Waals surface area contributed by atoms with Gasteiger partial charge in [-0.3, -0.25) is 9.59 Å². The molecule has 2 atom stereocenters. The number of nitrogens with zero attached hydrogens (tertiary/aromatic N) is 3. The van der Waals surface area contributed by atoms with Crippen LogP contribution in [0, 0.1) is 12.8 Å². The molecule has 2 amide bonds. The molecule has 1 aromatic heterocycles. The molecule has 1 aromatic carbocycles. The maximum Gasteiger partial charge on any atom is 0.225 e. The smallest absolute Gasteiger partial charge is 0.225 e. The second-order valence-corrected chi connectivity index (χ2v) is 7.15. The molecule has 3 rings (SSSR count). The van der Waals surface area contributed by atoms with Crippen molar-refractivity contribution in [2.24, 2.45) is 11.7 Å². The predicted molar refractivity (Wildman–Crippen MR) is 103 cm³/mol. The number of imidazole rings is 1. The minimum atomic E-state index is -0.232. The Morgan fingerprint density at radius 1 is 1.26 bits per heavy atom. The monoisotopic (exact) mass is 369 g/mol. The Kier molecular flexibility index (Phi) is 5.91. The summed E-state index contributed by atoms with van der Waals surface area (Å²) in [6.45, 7) is 4.84. The van der Waals surface area contributed by atoms with E-state index in [1.54, 1.807) is 11.1 Å². The Morgan fingerprint density at radius 3 is 2.74 bits per heavy atom. The van der Waals surface area contributed by atoms with E-state index in [1.807, 2.05) is 42.0 Å². The van der Waals surface area contributed by atoms with Crippen LogP contribution in [0.4, 0.5) is 0 Å². The standard InChI is InChI=1S/C20H27N5O2/c1-14-22-9-10-25(14)19-6-4-3-5-16(19)11-23-20(27)17-7-8-18(21)13-24(12-17)15(2)26/h3-6,9-10,17-18H,7-8,11-13,21H2,1-2H3,(H,23,27)/t17-,18+/m1/s1. The molecular formula is C20H27N5O2. The lowest BCUT2D eigenvalue weighted by Gasteiger charge is -2.23. The Morgan fingerprint density at radius 2 is 2.04 bits per heavy atom. The van der Waals surface area contributed by atoms with Crippen LogP contribution < -0.4 is 11.1 Å². The molecule has 0 unspecified atom stereocenters. The molecule has 1 fully saturated rings. The fourth-order valence-corrected chi connectivity index (χ4v) is 3.55. The summed E-state index contributed by atoms with van der Waals surface area (Å²) < 4.78 is 2.00. The van der Waals surface area contributed by atoms with Crippen molar-refractivity contribution in [2.45, 2.75) is 39.3 Å². The summed E-state index contributed by atoms with van der Waals surface area (Å²) >= 11 is 0. The third-order valence-corrected chi connectivity index (χ3v) is 5.13. The van der Waals surface area contributed by atoms with Gasteiger partial charge in [0.15, 0.2) is 0 Å². The number of aromatic nitrogens is 2. The molecule has 0 aliphatic carbocycles. The van der Waals surface area contributed by atoms with Gasteiger partial charge in [-0.2, -0.15) is 0 Å². The van der Waals surface area contributed by atoms with Crippen molar-refractivity contribution in [2.75, 3.05) is 13.1 Å². The van der Waals surface area contributed by atoms with Crippen molar-refractivity contribution in [3.63, 3.8) is 0 Å². The lowest BCUT2D eigenvalue weighted by molar-refractivity contribution is -0.131. The van der Waals surface area contributed by atoms with Gasteiger partial charge in [0, 0.05) is 45.0 Å². The zero-order valence-electron chi connectivity index (χ0n) is 15.9. The van der Waals surface area contributed by atoms with E-state index >= 15 is 0 Å². The van der Waals surface area contributed by atoms with Gasteiger partial charge in [-0.05, 0) is 31.4 Å². The Labute approximate surface area is 159 Å². The fraction of sp³-hybridized carbons (Fsp3) is 0.450. The number of aryl methyl sites for hydroxylation is 1. The molecule has 0 radical (unpaired) electrons. The van der Waals surface area contributed by atoms with Gasteiger partial charge in [-0.15, -0.1) is 0 Å². The average molecular weight is 369 g/mol. The summed E-state index contributed by atoms with van der Waals surface area (Å²) in [5.74, 6) is 0.590. The normalized spacial score (nSPS) is 20.2. The van der Waals surface area contributed by atoms with Crippen LogP contribution in [-0.4, -0.2) is 45.4 Å². The molecule has 7 heteroatoms. The summed E-state index contributed by atoms with van der Waals surface area (Å²) in [6, 6.07) is 7.87. The minimum Gasteiger partial charge on any atom is -0.352 e. The number of carbonyl (C=O) groups excluding carboxylic acids is 2. The van der Waals surface area contributed by atoms with E-state index in [0.29, 0.717) is 26.1 Å². The van der Waals surface area contributed by atoms with E-state index in [1.165, 1.54) is 6.92 Å². The second kappa shape index (κ2) is 8.35. The highest BCUT2D eigenvalue weighted by atomic mass is 16.2. The van der Waals surface area contributed by atoms with Gasteiger partial charge in [-0.25, -0.2) is 4.98 Å². The first-order valence-corrected chi connectivity index (χ1v) is 9.32. The van der Waals surface area contributed by atoms with Gasteiger partial charge in [0.05, 0.1) is 11.6 Å². The van der Waals surface area contributed by atoms with Crippen molar-refractivity contribution >= 4 is 11.8 Å². The van der Waals surface area contributed by atoms with Crippen molar-refractivity contribution in [1.82, 2.24) is 19.8 Å². The molecule has 1 aliphatic heterocycles. The van der Waals surface area contributed by atoms with Gasteiger partial charge in [0.2, 0.25) is 11.8 Å². The first-order valence-electron chi connectivity index (χ1n) is 9.32. The summed E-state index contributed by atoms with van der Waals surface area (Å²) in [4.78, 5) is 30.5. The molecular weight excluding hydrogens is 342 g/mol. The SMILES string of the molecule is CC(=O)N1C[C@@H](N)CC[C@@H](C(=O)NCc2ccccc2-n2ccnc2C)C1. The fourth-order valence-electron chi connectivity index (χ4n) is 3.55. The molecule has 2 aromatic rings. The lowest BCUT2D eigenvalue weighted by atomic mass is 10.0. The lowest BCUT2D eigenvalue weighted by Crippen LogP contribution is -2.42. The number of rotatable bonds is 4. The van der Waals surface area contributed by atoms with Crippen LogP contribution in [0.3, 0.4) is 0 Å². The molecule has 2 heterocycles. The van der Waals surface area contributed by atoms with E-state index in [4.69, 9.17) is 5.73 Å². The zero-order valence-corrected chi connectivity index (χ0v) is 15.9. The van der Waals surface area contributed by atoms with Crippen LogP contribution in [0.5, 0.6) is 0 Å². The van der Waals surface area contributed by atoms with Crippen molar-refractivity contribution in [1.29, 1.82) is 0 Å². The maximum atomic E-state index is 12.8. The van der Waals surface area contributed by atoms with E-state index < -0.39 is 0 Å². The first kappa shape index (κ1) is 19.1. The van der Waals surface area contributed by atoms with E-state index in [0.717, 1.165) is 23.5 Å². The second-order valence-electron chi connectivity index (χ2n) is 7.15. The van der Waals surface area contributed by atoms with Crippen molar-refractivity contribution in [3.05, 3.63) is 48.0 Å². The maximum absolute atomic E-state index is 12.8. The number of nitrogens with two attached hydrogens (primary N) is 1. The number of hydrogen-bond donors (Lipinski definition) is 2. The molecule has 27 heavy (non-hydrogen) atoms. The number of hydrogen-bond acceptors (Lipinski definition) is 4. The van der Waals surface area contributed by atoms with Crippen LogP contribution >= 0.6 is 0 Å². The molecule has 0 spiro atoms. The van der Waals surface area contributed by atoms with E-state index in [2.05, 4.69) is 10.3 Å².